The van der Waals surface area contributed by atoms with Crippen molar-refractivity contribution in [1.82, 2.24) is 10.2 Å². The predicted octanol–water partition coefficient (Wildman–Crippen LogP) is 1.41. The minimum absolute atomic E-state index is 0.272. The predicted molar refractivity (Wildman–Crippen MR) is 71.5 cm³/mol. The Morgan fingerprint density at radius 1 is 1.17 bits per heavy atom. The molecule has 18 heavy (non-hydrogen) atoms. The Hall–Kier alpha value is -0.610. The number of hydrogen-bond donors (Lipinski definition) is 1. The van der Waals surface area contributed by atoms with Gasteiger partial charge in [0.25, 0.3) is 0 Å². The summed E-state index contributed by atoms with van der Waals surface area (Å²) in [7, 11) is 0. The van der Waals surface area contributed by atoms with E-state index in [0.29, 0.717) is 12.5 Å². The Kier molecular flexibility index (Phi) is 5.94. The average Bonchev–Trinajstić information content (AvgIpc) is 2.69. The van der Waals surface area contributed by atoms with E-state index in [0.717, 1.165) is 39.3 Å². The lowest BCUT2D eigenvalue weighted by atomic mass is 10.0. The molecular weight excluding hydrogens is 228 g/mol. The molecule has 0 aromatic rings. The van der Waals surface area contributed by atoms with E-state index in [1.54, 1.807) is 0 Å². The third-order valence-corrected chi connectivity index (χ3v) is 3.92. The van der Waals surface area contributed by atoms with Gasteiger partial charge in [-0.25, -0.2) is 0 Å². The standard InChI is InChI=1S/C14H26N2O2/c17-14(16-7-3-1-2-4-8-16)11-15-10-13-6-5-9-18-12-13/h13,15H,1-12H2. The molecule has 1 atom stereocenters. The molecule has 0 saturated carbocycles. The molecule has 104 valence electrons. The van der Waals surface area contributed by atoms with Gasteiger partial charge in [0.1, 0.15) is 0 Å². The molecule has 2 rings (SSSR count). The first-order valence-corrected chi connectivity index (χ1v) is 7.42. The highest BCUT2D eigenvalue weighted by atomic mass is 16.5. The molecule has 1 amide bonds. The topological polar surface area (TPSA) is 41.6 Å². The van der Waals surface area contributed by atoms with E-state index in [4.69, 9.17) is 4.74 Å². The first-order chi connectivity index (χ1) is 8.86. The molecule has 4 heteroatoms. The minimum Gasteiger partial charge on any atom is -0.381 e. The van der Waals surface area contributed by atoms with Gasteiger partial charge in [0.2, 0.25) is 5.91 Å². The Balaban J connectivity index is 1.61. The number of carbonyl (C=O) groups is 1. The van der Waals surface area contributed by atoms with E-state index >= 15 is 0 Å². The van der Waals surface area contributed by atoms with Crippen LogP contribution >= 0.6 is 0 Å². The highest BCUT2D eigenvalue weighted by Crippen LogP contribution is 2.12. The van der Waals surface area contributed by atoms with Crippen LogP contribution in [0.3, 0.4) is 0 Å². The highest BCUT2D eigenvalue weighted by Gasteiger charge is 2.17. The molecule has 0 aromatic carbocycles. The molecular formula is C14H26N2O2. The van der Waals surface area contributed by atoms with Gasteiger partial charge in [-0.05, 0) is 31.6 Å². The zero-order chi connectivity index (χ0) is 12.6. The lowest BCUT2D eigenvalue weighted by molar-refractivity contribution is -0.130. The summed E-state index contributed by atoms with van der Waals surface area (Å²) in [5, 5.41) is 3.30. The van der Waals surface area contributed by atoms with E-state index in [-0.39, 0.29) is 5.91 Å². The molecule has 2 aliphatic rings. The van der Waals surface area contributed by atoms with Crippen LogP contribution in [0.15, 0.2) is 0 Å². The maximum Gasteiger partial charge on any atom is 0.236 e. The lowest BCUT2D eigenvalue weighted by Crippen LogP contribution is -2.40. The van der Waals surface area contributed by atoms with Gasteiger partial charge in [0, 0.05) is 26.2 Å². The van der Waals surface area contributed by atoms with Crippen molar-refractivity contribution in [2.45, 2.75) is 38.5 Å². The van der Waals surface area contributed by atoms with E-state index < -0.39 is 0 Å². The molecule has 1 unspecified atom stereocenters. The Bertz CT molecular complexity index is 244. The van der Waals surface area contributed by atoms with Gasteiger partial charge in [0.05, 0.1) is 13.2 Å². The van der Waals surface area contributed by atoms with Crippen LogP contribution in [0.4, 0.5) is 0 Å². The van der Waals surface area contributed by atoms with E-state index in [2.05, 4.69) is 5.32 Å². The first kappa shape index (κ1) is 13.8. The van der Waals surface area contributed by atoms with Crippen molar-refractivity contribution >= 4 is 5.91 Å². The molecule has 0 bridgehead atoms. The fourth-order valence-corrected chi connectivity index (χ4v) is 2.78. The summed E-state index contributed by atoms with van der Waals surface area (Å²) in [5.41, 5.74) is 0. The summed E-state index contributed by atoms with van der Waals surface area (Å²) in [6.45, 7) is 5.07. The van der Waals surface area contributed by atoms with Gasteiger partial charge in [-0.3, -0.25) is 4.79 Å². The third-order valence-electron chi connectivity index (χ3n) is 3.92. The van der Waals surface area contributed by atoms with Crippen molar-refractivity contribution in [2.75, 3.05) is 39.4 Å². The van der Waals surface area contributed by atoms with Crippen molar-refractivity contribution < 1.29 is 9.53 Å². The molecule has 2 heterocycles. The molecule has 2 saturated heterocycles. The maximum atomic E-state index is 12.0. The summed E-state index contributed by atoms with van der Waals surface area (Å²) >= 11 is 0. The Morgan fingerprint density at radius 2 is 1.94 bits per heavy atom. The van der Waals surface area contributed by atoms with Gasteiger partial charge >= 0.3 is 0 Å². The number of hydrogen-bond acceptors (Lipinski definition) is 3. The van der Waals surface area contributed by atoms with Gasteiger partial charge in [-0.2, -0.15) is 0 Å². The lowest BCUT2D eigenvalue weighted by Gasteiger charge is -2.24. The fraction of sp³-hybridized carbons (Fsp3) is 0.929. The third kappa shape index (κ3) is 4.58. The summed E-state index contributed by atoms with van der Waals surface area (Å²) in [6.07, 6.45) is 7.27. The maximum absolute atomic E-state index is 12.0. The molecule has 0 radical (unpaired) electrons. The molecule has 0 aromatic heterocycles. The quantitative estimate of drug-likeness (QED) is 0.824. The number of nitrogens with zero attached hydrogens (tertiary/aromatic N) is 1. The van der Waals surface area contributed by atoms with Crippen LogP contribution in [-0.4, -0.2) is 50.2 Å². The highest BCUT2D eigenvalue weighted by molar-refractivity contribution is 5.78. The molecule has 2 aliphatic heterocycles. The number of nitrogens with one attached hydrogen (secondary N) is 1. The zero-order valence-corrected chi connectivity index (χ0v) is 11.3. The number of ether oxygens (including phenoxy) is 1. The molecule has 1 N–H and O–H groups in total. The number of amides is 1. The molecule has 0 spiro atoms. The smallest absolute Gasteiger partial charge is 0.236 e. The minimum atomic E-state index is 0.272. The molecule has 4 nitrogen and oxygen atoms in total. The normalized spacial score (nSPS) is 25.8. The largest absolute Gasteiger partial charge is 0.381 e. The van der Waals surface area contributed by atoms with Gasteiger partial charge in [-0.1, -0.05) is 12.8 Å². The van der Waals surface area contributed by atoms with Crippen molar-refractivity contribution in [1.29, 1.82) is 0 Å². The monoisotopic (exact) mass is 254 g/mol. The second-order valence-electron chi connectivity index (χ2n) is 5.51. The van der Waals surface area contributed by atoms with Gasteiger partial charge < -0.3 is 15.0 Å². The zero-order valence-electron chi connectivity index (χ0n) is 11.3. The van der Waals surface area contributed by atoms with Crippen molar-refractivity contribution in [3.8, 4) is 0 Å². The first-order valence-electron chi connectivity index (χ1n) is 7.42. The van der Waals surface area contributed by atoms with Crippen LogP contribution in [-0.2, 0) is 9.53 Å². The van der Waals surface area contributed by atoms with Crippen molar-refractivity contribution in [2.24, 2.45) is 5.92 Å². The van der Waals surface area contributed by atoms with Gasteiger partial charge in [0.15, 0.2) is 0 Å². The molecule has 2 fully saturated rings. The van der Waals surface area contributed by atoms with Crippen LogP contribution in [0, 0.1) is 5.92 Å². The average molecular weight is 254 g/mol. The van der Waals surface area contributed by atoms with E-state index in [1.807, 2.05) is 4.90 Å². The van der Waals surface area contributed by atoms with E-state index in [9.17, 15) is 4.79 Å². The van der Waals surface area contributed by atoms with Crippen molar-refractivity contribution in [3.05, 3.63) is 0 Å². The SMILES string of the molecule is O=C(CNCC1CCCOC1)N1CCCCCC1. The second-order valence-corrected chi connectivity index (χ2v) is 5.51. The summed E-state index contributed by atoms with van der Waals surface area (Å²) in [5.74, 6) is 0.865. The summed E-state index contributed by atoms with van der Waals surface area (Å²) < 4.78 is 5.44. The summed E-state index contributed by atoms with van der Waals surface area (Å²) in [4.78, 5) is 14.0. The number of carbonyl (C=O) groups excluding carboxylic acids is 1. The van der Waals surface area contributed by atoms with Gasteiger partial charge in [-0.15, -0.1) is 0 Å². The van der Waals surface area contributed by atoms with Crippen LogP contribution < -0.4 is 5.32 Å². The number of rotatable bonds is 4. The Labute approximate surface area is 110 Å². The van der Waals surface area contributed by atoms with E-state index in [1.165, 1.54) is 32.1 Å². The van der Waals surface area contributed by atoms with Crippen LogP contribution in [0.2, 0.25) is 0 Å². The van der Waals surface area contributed by atoms with Crippen LogP contribution in [0.1, 0.15) is 38.5 Å². The summed E-state index contributed by atoms with van der Waals surface area (Å²) in [6, 6.07) is 0. The Morgan fingerprint density at radius 3 is 2.61 bits per heavy atom. The molecule has 0 aliphatic carbocycles. The van der Waals surface area contributed by atoms with Crippen LogP contribution in [0.25, 0.3) is 0 Å². The second kappa shape index (κ2) is 7.74. The van der Waals surface area contributed by atoms with Crippen LogP contribution in [0.5, 0.6) is 0 Å². The van der Waals surface area contributed by atoms with Crippen molar-refractivity contribution in [3.63, 3.8) is 0 Å². The fourth-order valence-electron chi connectivity index (χ4n) is 2.78. The number of likely N-dealkylation sites (tertiary alicyclic amines) is 1.